The van der Waals surface area contributed by atoms with E-state index in [0.29, 0.717) is 25.7 Å². The number of nitrogens with zero attached hydrogens (tertiary/aromatic N) is 2. The Morgan fingerprint density at radius 1 is 1.29 bits per heavy atom. The van der Waals surface area contributed by atoms with E-state index in [2.05, 4.69) is 15.1 Å². The first-order valence-corrected chi connectivity index (χ1v) is 6.73. The summed E-state index contributed by atoms with van der Waals surface area (Å²) in [6.45, 7) is 6.18. The number of hydrogen-bond acceptors (Lipinski definition) is 4. The monoisotopic (exact) mass is 240 g/mol. The van der Waals surface area contributed by atoms with Gasteiger partial charge in [-0.1, -0.05) is 0 Å². The van der Waals surface area contributed by atoms with Crippen molar-refractivity contribution in [2.45, 2.75) is 25.3 Å². The first-order valence-electron chi connectivity index (χ1n) is 6.73. The molecule has 0 aromatic carbocycles. The standard InChI is InChI=1S/C12H24N4O/c13-4-5-14-12(17)10-15-6-2-8-16-7-1-3-11(16)9-15/h11H,1-10,13H2,(H,14,17). The van der Waals surface area contributed by atoms with Gasteiger partial charge in [-0.3, -0.25) is 14.6 Å². The van der Waals surface area contributed by atoms with E-state index in [9.17, 15) is 4.79 Å². The van der Waals surface area contributed by atoms with Crippen LogP contribution in [0.5, 0.6) is 0 Å². The molecule has 0 spiro atoms. The van der Waals surface area contributed by atoms with Crippen LogP contribution in [0.3, 0.4) is 0 Å². The molecule has 2 aliphatic rings. The Kier molecular flexibility index (Phi) is 4.76. The Morgan fingerprint density at radius 3 is 2.94 bits per heavy atom. The predicted octanol–water partition coefficient (Wildman–Crippen LogP) is -0.769. The van der Waals surface area contributed by atoms with Gasteiger partial charge in [0.1, 0.15) is 0 Å². The summed E-state index contributed by atoms with van der Waals surface area (Å²) in [6, 6.07) is 0.680. The number of rotatable bonds is 4. The Labute approximate surface area is 103 Å². The molecule has 0 saturated carbocycles. The van der Waals surface area contributed by atoms with E-state index in [4.69, 9.17) is 5.73 Å². The normalized spacial score (nSPS) is 26.5. The van der Waals surface area contributed by atoms with Gasteiger partial charge in [-0.15, -0.1) is 0 Å². The fraction of sp³-hybridized carbons (Fsp3) is 0.917. The highest BCUT2D eigenvalue weighted by Crippen LogP contribution is 2.20. The molecular formula is C12H24N4O. The third-order valence-electron chi connectivity index (χ3n) is 3.72. The van der Waals surface area contributed by atoms with Gasteiger partial charge >= 0.3 is 0 Å². The summed E-state index contributed by atoms with van der Waals surface area (Å²) in [7, 11) is 0. The molecule has 98 valence electrons. The van der Waals surface area contributed by atoms with Gasteiger partial charge in [0.15, 0.2) is 0 Å². The summed E-state index contributed by atoms with van der Waals surface area (Å²) in [4.78, 5) is 16.5. The molecule has 0 aliphatic carbocycles. The molecule has 0 bridgehead atoms. The molecule has 5 heteroatoms. The molecule has 0 radical (unpaired) electrons. The van der Waals surface area contributed by atoms with Gasteiger partial charge in [0.05, 0.1) is 6.54 Å². The molecular weight excluding hydrogens is 216 g/mol. The molecule has 1 atom stereocenters. The van der Waals surface area contributed by atoms with E-state index in [1.165, 1.54) is 32.4 Å². The van der Waals surface area contributed by atoms with E-state index in [1.54, 1.807) is 0 Å². The summed E-state index contributed by atoms with van der Waals surface area (Å²) >= 11 is 0. The van der Waals surface area contributed by atoms with Crippen LogP contribution >= 0.6 is 0 Å². The molecule has 1 amide bonds. The largest absolute Gasteiger partial charge is 0.354 e. The van der Waals surface area contributed by atoms with Crippen molar-refractivity contribution in [3.05, 3.63) is 0 Å². The van der Waals surface area contributed by atoms with Gasteiger partial charge in [0.25, 0.3) is 0 Å². The van der Waals surface area contributed by atoms with E-state index < -0.39 is 0 Å². The maximum Gasteiger partial charge on any atom is 0.234 e. The van der Waals surface area contributed by atoms with Crippen molar-refractivity contribution in [2.24, 2.45) is 5.73 Å². The number of hydrogen-bond donors (Lipinski definition) is 2. The maximum absolute atomic E-state index is 11.7. The van der Waals surface area contributed by atoms with Crippen LogP contribution in [0.4, 0.5) is 0 Å². The predicted molar refractivity (Wildman–Crippen MR) is 67.7 cm³/mol. The Hall–Kier alpha value is -0.650. The van der Waals surface area contributed by atoms with Gasteiger partial charge in [-0.25, -0.2) is 0 Å². The number of carbonyl (C=O) groups is 1. The maximum atomic E-state index is 11.7. The van der Waals surface area contributed by atoms with Crippen molar-refractivity contribution in [3.63, 3.8) is 0 Å². The van der Waals surface area contributed by atoms with Crippen LogP contribution in [0.25, 0.3) is 0 Å². The highest BCUT2D eigenvalue weighted by atomic mass is 16.2. The summed E-state index contributed by atoms with van der Waals surface area (Å²) in [5.41, 5.74) is 5.37. The highest BCUT2D eigenvalue weighted by molar-refractivity contribution is 5.78. The molecule has 0 aromatic rings. The molecule has 2 fully saturated rings. The molecule has 2 heterocycles. The van der Waals surface area contributed by atoms with Gasteiger partial charge in [0.2, 0.25) is 5.91 Å². The van der Waals surface area contributed by atoms with E-state index in [1.807, 2.05) is 0 Å². The second kappa shape index (κ2) is 6.33. The Bertz CT molecular complexity index is 259. The minimum Gasteiger partial charge on any atom is -0.354 e. The number of amides is 1. The molecule has 17 heavy (non-hydrogen) atoms. The molecule has 0 aromatic heterocycles. The SMILES string of the molecule is NCCNC(=O)CN1CCCN2CCCC2C1. The van der Waals surface area contributed by atoms with Crippen molar-refractivity contribution >= 4 is 5.91 Å². The number of fused-ring (bicyclic) bond motifs is 1. The average Bonchev–Trinajstić information content (AvgIpc) is 2.66. The van der Waals surface area contributed by atoms with Gasteiger partial charge in [0, 0.05) is 25.7 Å². The summed E-state index contributed by atoms with van der Waals surface area (Å²) in [6.07, 6.45) is 3.79. The van der Waals surface area contributed by atoms with Crippen molar-refractivity contribution in [2.75, 3.05) is 45.8 Å². The van der Waals surface area contributed by atoms with Crippen molar-refractivity contribution in [1.82, 2.24) is 15.1 Å². The first-order chi connectivity index (χ1) is 8.29. The zero-order valence-electron chi connectivity index (χ0n) is 10.5. The Balaban J connectivity index is 1.78. The van der Waals surface area contributed by atoms with E-state index in [-0.39, 0.29) is 5.91 Å². The zero-order valence-corrected chi connectivity index (χ0v) is 10.5. The summed E-state index contributed by atoms with van der Waals surface area (Å²) in [5.74, 6) is 0.113. The van der Waals surface area contributed by atoms with Crippen LogP contribution in [0.2, 0.25) is 0 Å². The molecule has 3 N–H and O–H groups in total. The number of nitrogens with one attached hydrogen (secondary N) is 1. The first kappa shape index (κ1) is 12.8. The lowest BCUT2D eigenvalue weighted by Crippen LogP contribution is -2.42. The van der Waals surface area contributed by atoms with Crippen molar-refractivity contribution in [1.29, 1.82) is 0 Å². The summed E-state index contributed by atoms with van der Waals surface area (Å²) < 4.78 is 0. The number of carbonyl (C=O) groups excluding carboxylic acids is 1. The molecule has 1 unspecified atom stereocenters. The quantitative estimate of drug-likeness (QED) is 0.677. The van der Waals surface area contributed by atoms with Crippen LogP contribution in [0, 0.1) is 0 Å². The lowest BCUT2D eigenvalue weighted by Gasteiger charge is -2.25. The lowest BCUT2D eigenvalue weighted by atomic mass is 10.2. The fourth-order valence-corrected chi connectivity index (χ4v) is 2.90. The van der Waals surface area contributed by atoms with Crippen LogP contribution in [-0.2, 0) is 4.79 Å². The van der Waals surface area contributed by atoms with Crippen LogP contribution in [0.15, 0.2) is 0 Å². The highest BCUT2D eigenvalue weighted by Gasteiger charge is 2.29. The van der Waals surface area contributed by atoms with Crippen LogP contribution in [-0.4, -0.2) is 67.6 Å². The third-order valence-corrected chi connectivity index (χ3v) is 3.72. The third kappa shape index (κ3) is 3.66. The van der Waals surface area contributed by atoms with Crippen LogP contribution < -0.4 is 11.1 Å². The van der Waals surface area contributed by atoms with Crippen molar-refractivity contribution < 1.29 is 4.79 Å². The summed E-state index contributed by atoms with van der Waals surface area (Å²) in [5, 5.41) is 2.84. The van der Waals surface area contributed by atoms with E-state index >= 15 is 0 Å². The van der Waals surface area contributed by atoms with Crippen LogP contribution in [0.1, 0.15) is 19.3 Å². The zero-order chi connectivity index (χ0) is 12.1. The van der Waals surface area contributed by atoms with Crippen molar-refractivity contribution in [3.8, 4) is 0 Å². The Morgan fingerprint density at radius 2 is 2.12 bits per heavy atom. The van der Waals surface area contributed by atoms with Gasteiger partial charge in [-0.2, -0.15) is 0 Å². The smallest absolute Gasteiger partial charge is 0.234 e. The molecule has 2 aliphatic heterocycles. The average molecular weight is 240 g/mol. The molecule has 2 saturated heterocycles. The van der Waals surface area contributed by atoms with E-state index in [0.717, 1.165) is 13.1 Å². The topological polar surface area (TPSA) is 61.6 Å². The fourth-order valence-electron chi connectivity index (χ4n) is 2.90. The molecule has 2 rings (SSSR count). The minimum atomic E-state index is 0.113. The van der Waals surface area contributed by atoms with Gasteiger partial charge < -0.3 is 11.1 Å². The number of nitrogens with two attached hydrogens (primary N) is 1. The second-order valence-electron chi connectivity index (χ2n) is 5.06. The molecule has 5 nitrogen and oxygen atoms in total. The minimum absolute atomic E-state index is 0.113. The lowest BCUT2D eigenvalue weighted by molar-refractivity contribution is -0.122. The van der Waals surface area contributed by atoms with Gasteiger partial charge in [-0.05, 0) is 38.9 Å². The second-order valence-corrected chi connectivity index (χ2v) is 5.06.